The van der Waals surface area contributed by atoms with Gasteiger partial charge in [0.25, 0.3) is 5.91 Å². The van der Waals surface area contributed by atoms with Crippen molar-refractivity contribution in [2.45, 2.75) is 18.3 Å². The second-order valence-corrected chi connectivity index (χ2v) is 2.88. The first kappa shape index (κ1) is 9.05. The highest BCUT2D eigenvalue weighted by Crippen LogP contribution is 2.08. The summed E-state index contributed by atoms with van der Waals surface area (Å²) in [6, 6.07) is 0. The Morgan fingerprint density at radius 2 is 2.50 bits per heavy atom. The van der Waals surface area contributed by atoms with Crippen molar-refractivity contribution in [1.82, 2.24) is 10.6 Å². The SMILES string of the molecule is O=NC(=O)CCC1=CNC(S)N1. The van der Waals surface area contributed by atoms with Gasteiger partial charge < -0.3 is 10.6 Å². The van der Waals surface area contributed by atoms with Gasteiger partial charge in [-0.25, -0.2) is 0 Å². The monoisotopic (exact) mass is 187 g/mol. The molecule has 66 valence electrons. The van der Waals surface area contributed by atoms with Gasteiger partial charge in [-0.15, -0.1) is 17.5 Å². The fraction of sp³-hybridized carbons (Fsp3) is 0.500. The zero-order valence-corrected chi connectivity index (χ0v) is 7.17. The maximum atomic E-state index is 10.5. The predicted octanol–water partition coefficient (Wildman–Crippen LogP) is 0.307. The van der Waals surface area contributed by atoms with Crippen LogP contribution in [0.25, 0.3) is 0 Å². The first-order valence-corrected chi connectivity index (χ1v) is 4.00. The molecule has 0 aliphatic carbocycles. The number of amides is 1. The first-order chi connectivity index (χ1) is 5.72. The molecule has 1 aliphatic heterocycles. The molecular formula is C6H9N3O2S. The van der Waals surface area contributed by atoms with E-state index in [1.807, 2.05) is 0 Å². The number of carbonyl (C=O) groups excluding carboxylic acids is 1. The van der Waals surface area contributed by atoms with E-state index in [9.17, 15) is 9.70 Å². The van der Waals surface area contributed by atoms with Crippen molar-refractivity contribution in [3.63, 3.8) is 0 Å². The Morgan fingerprint density at radius 1 is 1.75 bits per heavy atom. The van der Waals surface area contributed by atoms with E-state index in [1.54, 1.807) is 6.20 Å². The van der Waals surface area contributed by atoms with Crippen LogP contribution < -0.4 is 10.6 Å². The molecule has 1 unspecified atom stereocenters. The van der Waals surface area contributed by atoms with Gasteiger partial charge in [0.1, 0.15) is 5.50 Å². The summed E-state index contributed by atoms with van der Waals surface area (Å²) in [4.78, 5) is 20.2. The van der Waals surface area contributed by atoms with Crippen LogP contribution in [0.4, 0.5) is 0 Å². The molecule has 1 heterocycles. The van der Waals surface area contributed by atoms with Crippen LogP contribution in [0.5, 0.6) is 0 Å². The predicted molar refractivity (Wildman–Crippen MR) is 47.2 cm³/mol. The Balaban J connectivity index is 2.24. The van der Waals surface area contributed by atoms with E-state index in [2.05, 4.69) is 28.4 Å². The van der Waals surface area contributed by atoms with Crippen LogP contribution in [0.3, 0.4) is 0 Å². The molecule has 1 rings (SSSR count). The van der Waals surface area contributed by atoms with Crippen molar-refractivity contribution in [3.8, 4) is 0 Å². The lowest BCUT2D eigenvalue weighted by molar-refractivity contribution is -0.117. The summed E-state index contributed by atoms with van der Waals surface area (Å²) in [5.41, 5.74) is 0.770. The Labute approximate surface area is 75.0 Å². The van der Waals surface area contributed by atoms with Crippen molar-refractivity contribution in [1.29, 1.82) is 0 Å². The molecule has 0 fully saturated rings. The minimum absolute atomic E-state index is 0.0979. The van der Waals surface area contributed by atoms with Gasteiger partial charge in [0.15, 0.2) is 0 Å². The molecule has 0 aromatic rings. The third-order valence-electron chi connectivity index (χ3n) is 1.45. The number of nitrogens with one attached hydrogen (secondary N) is 2. The van der Waals surface area contributed by atoms with E-state index in [-0.39, 0.29) is 11.9 Å². The molecule has 1 aliphatic rings. The summed E-state index contributed by atoms with van der Waals surface area (Å²) < 4.78 is 0. The van der Waals surface area contributed by atoms with Gasteiger partial charge in [0.05, 0.1) is 0 Å². The molecule has 6 heteroatoms. The van der Waals surface area contributed by atoms with Crippen LogP contribution in [-0.2, 0) is 4.79 Å². The number of carbonyl (C=O) groups is 1. The second-order valence-electron chi connectivity index (χ2n) is 2.37. The molecule has 0 saturated carbocycles. The first-order valence-electron chi connectivity index (χ1n) is 3.48. The number of thiol groups is 1. The Kier molecular flexibility index (Phi) is 3.09. The van der Waals surface area contributed by atoms with Gasteiger partial charge in [-0.2, -0.15) is 0 Å². The molecule has 0 bridgehead atoms. The zero-order valence-electron chi connectivity index (χ0n) is 6.28. The summed E-state index contributed by atoms with van der Waals surface area (Å²) in [5, 5.41) is 8.12. The van der Waals surface area contributed by atoms with Gasteiger partial charge >= 0.3 is 0 Å². The van der Waals surface area contributed by atoms with E-state index < -0.39 is 5.91 Å². The van der Waals surface area contributed by atoms with E-state index in [0.717, 1.165) is 5.70 Å². The van der Waals surface area contributed by atoms with Crippen molar-refractivity contribution in [2.24, 2.45) is 5.18 Å². The smallest absolute Gasteiger partial charge is 0.286 e. The van der Waals surface area contributed by atoms with Crippen LogP contribution in [0.2, 0.25) is 0 Å². The Morgan fingerprint density at radius 3 is 3.00 bits per heavy atom. The lowest BCUT2D eigenvalue weighted by atomic mass is 10.2. The van der Waals surface area contributed by atoms with Gasteiger partial charge in [-0.1, -0.05) is 0 Å². The standard InChI is InChI=1S/C6H9N3O2S/c10-5(9-11)2-1-4-3-7-6(12)8-4/h3,6-8,12H,1-2H2. The minimum atomic E-state index is -0.625. The summed E-state index contributed by atoms with van der Waals surface area (Å²) >= 11 is 4.07. The normalized spacial score (nSPS) is 20.8. The third kappa shape index (κ3) is 2.54. The topological polar surface area (TPSA) is 70.6 Å². The fourth-order valence-electron chi connectivity index (χ4n) is 0.870. The molecule has 0 spiro atoms. The molecule has 1 amide bonds. The number of nitroso groups, excluding NO2 is 1. The molecule has 12 heavy (non-hydrogen) atoms. The van der Waals surface area contributed by atoms with Crippen LogP contribution in [0.15, 0.2) is 17.1 Å². The molecule has 0 saturated heterocycles. The molecule has 0 radical (unpaired) electrons. The summed E-state index contributed by atoms with van der Waals surface area (Å²) in [5.74, 6) is -0.625. The number of allylic oxidation sites excluding steroid dienone is 1. The van der Waals surface area contributed by atoms with Crippen molar-refractivity contribution >= 4 is 18.5 Å². The number of nitrogens with zero attached hydrogens (tertiary/aromatic N) is 1. The maximum Gasteiger partial charge on any atom is 0.286 e. The summed E-state index contributed by atoms with van der Waals surface area (Å²) in [7, 11) is 0. The third-order valence-corrected chi connectivity index (χ3v) is 1.73. The summed E-state index contributed by atoms with van der Waals surface area (Å²) in [6.45, 7) is 0. The molecule has 5 nitrogen and oxygen atoms in total. The summed E-state index contributed by atoms with van der Waals surface area (Å²) in [6.07, 6.45) is 2.37. The van der Waals surface area contributed by atoms with Crippen LogP contribution >= 0.6 is 12.6 Å². The van der Waals surface area contributed by atoms with Gasteiger partial charge in [-0.3, -0.25) is 4.79 Å². The highest BCUT2D eigenvalue weighted by Gasteiger charge is 2.11. The number of hydrogen-bond acceptors (Lipinski definition) is 5. The molecule has 1 atom stereocenters. The second kappa shape index (κ2) is 4.10. The Bertz CT molecular complexity index is 229. The average Bonchev–Trinajstić information content (AvgIpc) is 2.47. The Hall–Kier alpha value is -1.04. The van der Waals surface area contributed by atoms with Crippen molar-refractivity contribution in [3.05, 3.63) is 16.8 Å². The van der Waals surface area contributed by atoms with Crippen molar-refractivity contribution in [2.75, 3.05) is 0 Å². The van der Waals surface area contributed by atoms with Crippen LogP contribution in [0, 0.1) is 4.91 Å². The maximum absolute atomic E-state index is 10.5. The van der Waals surface area contributed by atoms with Crippen LogP contribution in [-0.4, -0.2) is 11.4 Å². The van der Waals surface area contributed by atoms with E-state index in [1.165, 1.54) is 0 Å². The van der Waals surface area contributed by atoms with Gasteiger partial charge in [-0.05, 0) is 6.42 Å². The van der Waals surface area contributed by atoms with Gasteiger partial charge in [0, 0.05) is 23.5 Å². The quantitative estimate of drug-likeness (QED) is 0.439. The molecule has 2 N–H and O–H groups in total. The van der Waals surface area contributed by atoms with E-state index >= 15 is 0 Å². The van der Waals surface area contributed by atoms with Crippen molar-refractivity contribution < 1.29 is 4.79 Å². The lowest BCUT2D eigenvalue weighted by Crippen LogP contribution is -2.25. The van der Waals surface area contributed by atoms with Crippen LogP contribution in [0.1, 0.15) is 12.8 Å². The largest absolute Gasteiger partial charge is 0.362 e. The molecule has 0 aromatic heterocycles. The zero-order chi connectivity index (χ0) is 8.97. The number of hydrogen-bond donors (Lipinski definition) is 3. The average molecular weight is 187 g/mol. The lowest BCUT2D eigenvalue weighted by Gasteiger charge is -2.05. The highest BCUT2D eigenvalue weighted by atomic mass is 32.1. The minimum Gasteiger partial charge on any atom is -0.362 e. The molecular weight excluding hydrogens is 178 g/mol. The highest BCUT2D eigenvalue weighted by molar-refractivity contribution is 7.80. The van der Waals surface area contributed by atoms with E-state index in [0.29, 0.717) is 6.42 Å². The van der Waals surface area contributed by atoms with E-state index in [4.69, 9.17) is 0 Å². The fourth-order valence-corrected chi connectivity index (χ4v) is 1.11. The molecule has 0 aromatic carbocycles. The number of rotatable bonds is 3. The van der Waals surface area contributed by atoms with Gasteiger partial charge in [0.2, 0.25) is 0 Å².